The van der Waals surface area contributed by atoms with E-state index >= 15 is 0 Å². The Labute approximate surface area is 94.5 Å². The van der Waals surface area contributed by atoms with Gasteiger partial charge in [0.1, 0.15) is 5.75 Å². The minimum absolute atomic E-state index is 0.0511. The molecular formula is C10H7ClO3S. The van der Waals surface area contributed by atoms with Gasteiger partial charge in [0.05, 0.1) is 11.4 Å². The Bertz CT molecular complexity index is 533. The van der Waals surface area contributed by atoms with E-state index in [1.54, 1.807) is 11.4 Å². The number of phenols is 1. The Balaban J connectivity index is 2.63. The molecule has 0 saturated carbocycles. The number of hydrogen-bond donors (Lipinski definition) is 2. The average molecular weight is 243 g/mol. The molecule has 0 atom stereocenters. The summed E-state index contributed by atoms with van der Waals surface area (Å²) >= 11 is 7.32. The molecule has 1 aromatic carbocycles. The predicted molar refractivity (Wildman–Crippen MR) is 59.8 cm³/mol. The monoisotopic (exact) mass is 242 g/mol. The molecule has 3 nitrogen and oxygen atoms in total. The number of aliphatic carboxylic acids is 1. The van der Waals surface area contributed by atoms with Crippen LogP contribution < -0.4 is 0 Å². The number of phenolic OH excluding ortho intramolecular Hbond substituents is 1. The van der Waals surface area contributed by atoms with Crippen molar-refractivity contribution in [3.8, 4) is 5.75 Å². The van der Waals surface area contributed by atoms with Gasteiger partial charge in [0, 0.05) is 10.1 Å². The van der Waals surface area contributed by atoms with Crippen molar-refractivity contribution in [2.75, 3.05) is 0 Å². The molecule has 2 rings (SSSR count). The molecule has 0 aliphatic carbocycles. The number of halogens is 1. The number of carbonyl (C=O) groups is 1. The highest BCUT2D eigenvalue weighted by atomic mass is 35.5. The number of benzene rings is 1. The summed E-state index contributed by atoms with van der Waals surface area (Å²) in [5, 5.41) is 20.9. The van der Waals surface area contributed by atoms with Crippen molar-refractivity contribution < 1.29 is 15.0 Å². The third-order valence-electron chi connectivity index (χ3n) is 2.03. The first-order valence-electron chi connectivity index (χ1n) is 4.18. The highest BCUT2D eigenvalue weighted by Crippen LogP contribution is 2.35. The van der Waals surface area contributed by atoms with E-state index in [1.807, 2.05) is 0 Å². The van der Waals surface area contributed by atoms with Crippen LogP contribution in [0, 0.1) is 0 Å². The summed E-state index contributed by atoms with van der Waals surface area (Å²) in [7, 11) is 0. The molecule has 15 heavy (non-hydrogen) atoms. The van der Waals surface area contributed by atoms with Crippen molar-refractivity contribution >= 4 is 39.0 Å². The van der Waals surface area contributed by atoms with Gasteiger partial charge in [-0.3, -0.25) is 4.79 Å². The topological polar surface area (TPSA) is 57.5 Å². The molecular weight excluding hydrogens is 236 g/mol. The molecule has 78 valence electrons. The van der Waals surface area contributed by atoms with Gasteiger partial charge in [-0.05, 0) is 23.1 Å². The van der Waals surface area contributed by atoms with E-state index in [0.29, 0.717) is 10.6 Å². The van der Waals surface area contributed by atoms with Crippen LogP contribution in [0.25, 0.3) is 10.1 Å². The molecule has 0 bridgehead atoms. The zero-order valence-electron chi connectivity index (χ0n) is 7.53. The number of fused-ring (bicyclic) bond motifs is 1. The standard InChI is InChI=1S/C10H7ClO3S/c11-7-2-6(12)3-8-10(7)5(4-15-8)1-9(13)14/h2-4,12H,1H2,(H,13,14). The molecule has 0 saturated heterocycles. The van der Waals surface area contributed by atoms with Crippen molar-refractivity contribution in [2.24, 2.45) is 0 Å². The van der Waals surface area contributed by atoms with Crippen molar-refractivity contribution in [3.63, 3.8) is 0 Å². The molecule has 0 spiro atoms. The molecule has 2 aromatic rings. The van der Waals surface area contributed by atoms with Crippen LogP contribution in [0.5, 0.6) is 5.75 Å². The van der Waals surface area contributed by atoms with Gasteiger partial charge in [-0.2, -0.15) is 0 Å². The summed E-state index contributed by atoms with van der Waals surface area (Å²) in [6, 6.07) is 3.00. The Morgan fingerprint density at radius 1 is 1.47 bits per heavy atom. The average Bonchev–Trinajstić information content (AvgIpc) is 2.46. The van der Waals surface area contributed by atoms with Crippen LogP contribution in [0.15, 0.2) is 17.5 Å². The Kier molecular flexibility index (Phi) is 2.54. The van der Waals surface area contributed by atoms with Crippen molar-refractivity contribution in [1.29, 1.82) is 0 Å². The van der Waals surface area contributed by atoms with Gasteiger partial charge in [0.2, 0.25) is 0 Å². The largest absolute Gasteiger partial charge is 0.508 e. The number of carboxylic acid groups (broad SMARTS) is 1. The number of thiophene rings is 1. The van der Waals surface area contributed by atoms with Gasteiger partial charge < -0.3 is 10.2 Å². The maximum absolute atomic E-state index is 10.6. The third-order valence-corrected chi connectivity index (χ3v) is 3.31. The molecule has 0 aliphatic rings. The minimum Gasteiger partial charge on any atom is -0.508 e. The first kappa shape index (κ1) is 10.3. The van der Waals surface area contributed by atoms with E-state index in [4.69, 9.17) is 16.7 Å². The van der Waals surface area contributed by atoms with Gasteiger partial charge in [0.15, 0.2) is 0 Å². The number of carboxylic acids is 1. The van der Waals surface area contributed by atoms with Gasteiger partial charge >= 0.3 is 5.97 Å². The maximum atomic E-state index is 10.6. The molecule has 0 aliphatic heterocycles. The smallest absolute Gasteiger partial charge is 0.307 e. The van der Waals surface area contributed by atoms with E-state index in [0.717, 1.165) is 10.1 Å². The van der Waals surface area contributed by atoms with Crippen molar-refractivity contribution in [1.82, 2.24) is 0 Å². The summed E-state index contributed by atoms with van der Waals surface area (Å²) in [5.41, 5.74) is 0.688. The highest BCUT2D eigenvalue weighted by Gasteiger charge is 2.11. The lowest BCUT2D eigenvalue weighted by atomic mass is 10.1. The van der Waals surface area contributed by atoms with Crippen LogP contribution >= 0.6 is 22.9 Å². The van der Waals surface area contributed by atoms with Crippen LogP contribution in [0.2, 0.25) is 5.02 Å². The van der Waals surface area contributed by atoms with E-state index in [1.165, 1.54) is 17.4 Å². The summed E-state index contributed by atoms with van der Waals surface area (Å²) in [6.45, 7) is 0. The van der Waals surface area contributed by atoms with E-state index in [9.17, 15) is 9.90 Å². The van der Waals surface area contributed by atoms with Crippen molar-refractivity contribution in [2.45, 2.75) is 6.42 Å². The normalized spacial score (nSPS) is 10.7. The SMILES string of the molecule is O=C(O)Cc1csc2cc(O)cc(Cl)c12. The van der Waals surface area contributed by atoms with Crippen LogP contribution in [0.4, 0.5) is 0 Å². The molecule has 2 N–H and O–H groups in total. The zero-order chi connectivity index (χ0) is 11.0. The lowest BCUT2D eigenvalue weighted by Crippen LogP contribution is -1.98. The number of hydrogen-bond acceptors (Lipinski definition) is 3. The fourth-order valence-corrected chi connectivity index (χ4v) is 2.87. The van der Waals surface area contributed by atoms with Gasteiger partial charge in [-0.1, -0.05) is 11.6 Å². The van der Waals surface area contributed by atoms with E-state index < -0.39 is 5.97 Å². The highest BCUT2D eigenvalue weighted by molar-refractivity contribution is 7.17. The minimum atomic E-state index is -0.890. The van der Waals surface area contributed by atoms with Crippen LogP contribution in [0.3, 0.4) is 0 Å². The Morgan fingerprint density at radius 3 is 2.87 bits per heavy atom. The van der Waals surface area contributed by atoms with Crippen LogP contribution in [0.1, 0.15) is 5.56 Å². The second kappa shape index (κ2) is 3.72. The molecule has 1 heterocycles. The maximum Gasteiger partial charge on any atom is 0.307 e. The van der Waals surface area contributed by atoms with Crippen molar-refractivity contribution in [3.05, 3.63) is 28.1 Å². The first-order chi connectivity index (χ1) is 7.08. The first-order valence-corrected chi connectivity index (χ1v) is 5.44. The van der Waals surface area contributed by atoms with Gasteiger partial charge in [-0.15, -0.1) is 11.3 Å². The number of rotatable bonds is 2. The lowest BCUT2D eigenvalue weighted by Gasteiger charge is -1.99. The van der Waals surface area contributed by atoms with Gasteiger partial charge in [-0.25, -0.2) is 0 Å². The second-order valence-corrected chi connectivity index (χ2v) is 4.45. The van der Waals surface area contributed by atoms with Gasteiger partial charge in [0.25, 0.3) is 0 Å². The Hall–Kier alpha value is -1.26. The quantitative estimate of drug-likeness (QED) is 0.851. The molecule has 1 aromatic heterocycles. The summed E-state index contributed by atoms with van der Waals surface area (Å²) in [4.78, 5) is 10.6. The number of aromatic hydroxyl groups is 1. The zero-order valence-corrected chi connectivity index (χ0v) is 9.10. The van der Waals surface area contributed by atoms with E-state index in [-0.39, 0.29) is 12.2 Å². The summed E-state index contributed by atoms with van der Waals surface area (Å²) in [6.07, 6.45) is -0.0511. The lowest BCUT2D eigenvalue weighted by molar-refractivity contribution is -0.136. The molecule has 0 fully saturated rings. The van der Waals surface area contributed by atoms with Crippen LogP contribution in [-0.4, -0.2) is 16.2 Å². The third kappa shape index (κ3) is 1.91. The fourth-order valence-electron chi connectivity index (χ4n) is 1.46. The van der Waals surface area contributed by atoms with E-state index in [2.05, 4.69) is 0 Å². The molecule has 0 unspecified atom stereocenters. The molecule has 5 heteroatoms. The fraction of sp³-hybridized carbons (Fsp3) is 0.100. The predicted octanol–water partition coefficient (Wildman–Crippen LogP) is 2.89. The molecule has 0 radical (unpaired) electrons. The second-order valence-electron chi connectivity index (χ2n) is 3.13. The molecule has 0 amide bonds. The van der Waals surface area contributed by atoms with Crippen LogP contribution in [-0.2, 0) is 11.2 Å². The summed E-state index contributed by atoms with van der Waals surface area (Å²) in [5.74, 6) is -0.796. The Morgan fingerprint density at radius 2 is 2.20 bits per heavy atom. The summed E-state index contributed by atoms with van der Waals surface area (Å²) < 4.78 is 0.802.